The molecule has 0 bridgehead atoms. The summed E-state index contributed by atoms with van der Waals surface area (Å²) in [5, 5.41) is 9.82. The number of benzene rings is 3. The van der Waals surface area contributed by atoms with Crippen LogP contribution < -0.4 is 9.47 Å². The van der Waals surface area contributed by atoms with Gasteiger partial charge in [0.25, 0.3) is 0 Å². The van der Waals surface area contributed by atoms with Crippen LogP contribution in [0.15, 0.2) is 78.9 Å². The van der Waals surface area contributed by atoms with E-state index in [2.05, 4.69) is 0 Å². The summed E-state index contributed by atoms with van der Waals surface area (Å²) in [6.07, 6.45) is -0.817. The predicted octanol–water partition coefficient (Wildman–Crippen LogP) is 5.21. The van der Waals surface area contributed by atoms with Crippen molar-refractivity contribution in [2.24, 2.45) is 0 Å². The molecule has 0 heterocycles. The fraction of sp³-hybridized carbons (Fsp3) is 0.0952. The van der Waals surface area contributed by atoms with Gasteiger partial charge in [-0.1, -0.05) is 54.1 Å². The third-order valence-electron chi connectivity index (χ3n) is 3.70. The lowest BCUT2D eigenvalue weighted by atomic mass is 10.1. The smallest absolute Gasteiger partial charge is 0.345 e. The molecule has 5 heteroatoms. The van der Waals surface area contributed by atoms with E-state index in [0.717, 1.165) is 11.3 Å². The fourth-order valence-electron chi connectivity index (χ4n) is 2.41. The summed E-state index contributed by atoms with van der Waals surface area (Å²) in [4.78, 5) is 11.5. The number of ether oxygens (including phenoxy) is 2. The van der Waals surface area contributed by atoms with Crippen LogP contribution in [0.2, 0.25) is 5.02 Å². The number of rotatable bonds is 7. The van der Waals surface area contributed by atoms with E-state index in [1.54, 1.807) is 36.4 Å². The second kappa shape index (κ2) is 8.41. The first-order chi connectivity index (χ1) is 12.6. The molecule has 0 saturated heterocycles. The van der Waals surface area contributed by atoms with Gasteiger partial charge in [-0.15, -0.1) is 0 Å². The second-order valence-electron chi connectivity index (χ2n) is 5.64. The summed E-state index contributed by atoms with van der Waals surface area (Å²) >= 11 is 6.04. The standard InChI is InChI=1S/C21H17ClO4/c22-18-8-4-5-9-19(18)26-20(21(23)24)14-15-10-12-17(13-11-15)25-16-6-2-1-3-7-16/h1-13,20H,14H2,(H,23,24)/t20-/m0/s1. The van der Waals surface area contributed by atoms with Crippen molar-refractivity contribution in [2.45, 2.75) is 12.5 Å². The first kappa shape index (κ1) is 17.8. The molecule has 3 aromatic carbocycles. The Labute approximate surface area is 156 Å². The number of para-hydroxylation sites is 2. The maximum atomic E-state index is 11.5. The summed E-state index contributed by atoms with van der Waals surface area (Å²) in [6, 6.07) is 23.5. The Balaban J connectivity index is 1.67. The van der Waals surface area contributed by atoms with Crippen LogP contribution in [0.1, 0.15) is 5.56 Å². The van der Waals surface area contributed by atoms with Gasteiger partial charge in [0, 0.05) is 6.42 Å². The van der Waals surface area contributed by atoms with Crippen LogP contribution in [-0.2, 0) is 11.2 Å². The summed E-state index contributed by atoms with van der Waals surface area (Å²) < 4.78 is 11.3. The van der Waals surface area contributed by atoms with Gasteiger partial charge in [0.05, 0.1) is 5.02 Å². The highest BCUT2D eigenvalue weighted by atomic mass is 35.5. The van der Waals surface area contributed by atoms with Crippen LogP contribution in [0.5, 0.6) is 17.2 Å². The molecule has 0 aliphatic rings. The van der Waals surface area contributed by atoms with Crippen molar-refractivity contribution in [3.05, 3.63) is 89.4 Å². The highest BCUT2D eigenvalue weighted by Gasteiger charge is 2.21. The number of carbonyl (C=O) groups is 1. The zero-order valence-corrected chi connectivity index (χ0v) is 14.6. The third-order valence-corrected chi connectivity index (χ3v) is 4.02. The van der Waals surface area contributed by atoms with E-state index in [1.165, 1.54) is 0 Å². The number of carboxylic acid groups (broad SMARTS) is 1. The summed E-state index contributed by atoms with van der Waals surface area (Å²) in [5.41, 5.74) is 0.824. The van der Waals surface area contributed by atoms with Gasteiger partial charge >= 0.3 is 5.97 Å². The molecule has 0 unspecified atom stereocenters. The maximum Gasteiger partial charge on any atom is 0.345 e. The van der Waals surface area contributed by atoms with E-state index in [4.69, 9.17) is 21.1 Å². The van der Waals surface area contributed by atoms with Crippen LogP contribution in [-0.4, -0.2) is 17.2 Å². The number of hydrogen-bond acceptors (Lipinski definition) is 3. The largest absolute Gasteiger partial charge is 0.478 e. The van der Waals surface area contributed by atoms with Gasteiger partial charge in [0.1, 0.15) is 17.2 Å². The van der Waals surface area contributed by atoms with E-state index in [1.807, 2.05) is 42.5 Å². The van der Waals surface area contributed by atoms with Crippen LogP contribution in [0.25, 0.3) is 0 Å². The number of hydrogen-bond donors (Lipinski definition) is 1. The molecule has 1 N–H and O–H groups in total. The van der Waals surface area contributed by atoms with Crippen LogP contribution in [0.3, 0.4) is 0 Å². The van der Waals surface area contributed by atoms with Crippen molar-refractivity contribution in [3.63, 3.8) is 0 Å². The SMILES string of the molecule is O=C(O)[C@H](Cc1ccc(Oc2ccccc2)cc1)Oc1ccccc1Cl. The Morgan fingerprint density at radius 2 is 1.50 bits per heavy atom. The van der Waals surface area contributed by atoms with Crippen LogP contribution in [0, 0.1) is 0 Å². The van der Waals surface area contributed by atoms with Crippen molar-refractivity contribution in [3.8, 4) is 17.2 Å². The van der Waals surface area contributed by atoms with Gasteiger partial charge in [-0.2, -0.15) is 0 Å². The molecule has 0 amide bonds. The van der Waals surface area contributed by atoms with Crippen molar-refractivity contribution in [1.29, 1.82) is 0 Å². The number of halogens is 1. The Kier molecular flexibility index (Phi) is 5.77. The van der Waals surface area contributed by atoms with E-state index < -0.39 is 12.1 Å². The summed E-state index contributed by atoms with van der Waals surface area (Å²) in [5.74, 6) is 0.727. The minimum atomic E-state index is -1.05. The first-order valence-corrected chi connectivity index (χ1v) is 8.45. The first-order valence-electron chi connectivity index (χ1n) is 8.07. The molecular weight excluding hydrogens is 352 g/mol. The summed E-state index contributed by atoms with van der Waals surface area (Å²) in [7, 11) is 0. The van der Waals surface area contributed by atoms with E-state index in [9.17, 15) is 9.90 Å². The Morgan fingerprint density at radius 1 is 0.885 bits per heavy atom. The van der Waals surface area contributed by atoms with E-state index in [0.29, 0.717) is 16.5 Å². The molecule has 0 aliphatic carbocycles. The molecule has 0 fully saturated rings. The molecule has 3 aromatic rings. The summed E-state index contributed by atoms with van der Waals surface area (Å²) in [6.45, 7) is 0. The normalized spacial score (nSPS) is 11.6. The molecule has 0 aromatic heterocycles. The minimum absolute atomic E-state index is 0.214. The average molecular weight is 369 g/mol. The van der Waals surface area contributed by atoms with Crippen LogP contribution in [0.4, 0.5) is 0 Å². The van der Waals surface area contributed by atoms with E-state index in [-0.39, 0.29) is 6.42 Å². The Bertz CT molecular complexity index is 863. The van der Waals surface area contributed by atoms with Crippen molar-refractivity contribution in [1.82, 2.24) is 0 Å². The molecular formula is C21H17ClO4. The molecule has 4 nitrogen and oxygen atoms in total. The third kappa shape index (κ3) is 4.77. The molecule has 0 saturated carbocycles. The second-order valence-corrected chi connectivity index (χ2v) is 6.05. The van der Waals surface area contributed by atoms with Gasteiger partial charge in [-0.05, 0) is 42.0 Å². The lowest BCUT2D eigenvalue weighted by Crippen LogP contribution is -2.29. The van der Waals surface area contributed by atoms with Gasteiger partial charge in [-0.3, -0.25) is 0 Å². The Hall–Kier alpha value is -2.98. The molecule has 0 spiro atoms. The highest BCUT2D eigenvalue weighted by molar-refractivity contribution is 6.32. The molecule has 26 heavy (non-hydrogen) atoms. The molecule has 132 valence electrons. The van der Waals surface area contributed by atoms with Gasteiger partial charge < -0.3 is 14.6 Å². The monoisotopic (exact) mass is 368 g/mol. The predicted molar refractivity (Wildman–Crippen MR) is 100 cm³/mol. The maximum absolute atomic E-state index is 11.5. The molecule has 0 aliphatic heterocycles. The average Bonchev–Trinajstić information content (AvgIpc) is 2.65. The van der Waals surface area contributed by atoms with Crippen LogP contribution >= 0.6 is 11.6 Å². The molecule has 0 radical (unpaired) electrons. The van der Waals surface area contributed by atoms with Crippen molar-refractivity contribution < 1.29 is 19.4 Å². The van der Waals surface area contributed by atoms with Crippen molar-refractivity contribution >= 4 is 17.6 Å². The minimum Gasteiger partial charge on any atom is -0.478 e. The fourth-order valence-corrected chi connectivity index (χ4v) is 2.59. The lowest BCUT2D eigenvalue weighted by Gasteiger charge is -2.16. The van der Waals surface area contributed by atoms with Crippen molar-refractivity contribution in [2.75, 3.05) is 0 Å². The topological polar surface area (TPSA) is 55.8 Å². The van der Waals surface area contributed by atoms with E-state index >= 15 is 0 Å². The van der Waals surface area contributed by atoms with Gasteiger partial charge in [0.2, 0.25) is 0 Å². The zero-order chi connectivity index (χ0) is 18.4. The number of carboxylic acids is 1. The Morgan fingerprint density at radius 3 is 2.15 bits per heavy atom. The molecule has 3 rings (SSSR count). The number of aliphatic carboxylic acids is 1. The molecule has 1 atom stereocenters. The quantitative estimate of drug-likeness (QED) is 0.622. The lowest BCUT2D eigenvalue weighted by molar-refractivity contribution is -0.145. The van der Waals surface area contributed by atoms with Gasteiger partial charge in [0.15, 0.2) is 6.10 Å². The van der Waals surface area contributed by atoms with Gasteiger partial charge in [-0.25, -0.2) is 4.79 Å². The zero-order valence-electron chi connectivity index (χ0n) is 13.8. The highest BCUT2D eigenvalue weighted by Crippen LogP contribution is 2.26.